The Morgan fingerprint density at radius 1 is 1.00 bits per heavy atom. The van der Waals surface area contributed by atoms with Crippen LogP contribution in [0.15, 0.2) is 0 Å². The van der Waals surface area contributed by atoms with Crippen molar-refractivity contribution in [2.45, 2.75) is 24.4 Å². The summed E-state index contributed by atoms with van der Waals surface area (Å²) in [5.74, 6) is 0. The number of hydrogen-bond acceptors (Lipinski definition) is 6. The Morgan fingerprint density at radius 3 is 1.85 bits per heavy atom. The predicted molar refractivity (Wildman–Crippen MR) is 43.0 cm³/mol. The van der Waals surface area contributed by atoms with E-state index in [0.29, 0.717) is 0 Å². The van der Waals surface area contributed by atoms with E-state index in [2.05, 4.69) is 4.74 Å². The van der Waals surface area contributed by atoms with Crippen LogP contribution in [0, 0.1) is 0 Å². The second-order valence-corrected chi connectivity index (χ2v) is 2.75. The molecule has 0 radical (unpaired) electrons. The van der Waals surface area contributed by atoms with E-state index in [-0.39, 0.29) is 6.61 Å². The molecule has 0 aliphatic rings. The largest absolute Gasteiger partial charge is 0.394 e. The summed E-state index contributed by atoms with van der Waals surface area (Å²) in [4.78, 5) is 0. The highest BCUT2D eigenvalue weighted by molar-refractivity contribution is 4.80. The van der Waals surface area contributed by atoms with Gasteiger partial charge in [0, 0.05) is 7.11 Å². The van der Waals surface area contributed by atoms with Crippen molar-refractivity contribution in [3.63, 3.8) is 0 Å². The van der Waals surface area contributed by atoms with E-state index in [1.54, 1.807) is 0 Å². The number of rotatable bonds is 6. The van der Waals surface area contributed by atoms with Crippen molar-refractivity contribution < 1.29 is 30.3 Å². The highest BCUT2D eigenvalue weighted by atomic mass is 16.5. The maximum Gasteiger partial charge on any atom is 0.111 e. The van der Waals surface area contributed by atoms with E-state index in [0.717, 1.165) is 0 Å². The summed E-state index contributed by atoms with van der Waals surface area (Å²) < 4.78 is 4.52. The molecule has 6 nitrogen and oxygen atoms in total. The van der Waals surface area contributed by atoms with Gasteiger partial charge < -0.3 is 30.3 Å². The molecule has 0 aromatic carbocycles. The Bertz CT molecular complexity index is 130. The first-order valence-electron chi connectivity index (χ1n) is 3.86. The predicted octanol–water partition coefficient (Wildman–Crippen LogP) is -2.93. The third kappa shape index (κ3) is 3.99. The highest BCUT2D eigenvalue weighted by Gasteiger charge is 2.29. The van der Waals surface area contributed by atoms with Crippen LogP contribution in [-0.4, -0.2) is 70.3 Å². The summed E-state index contributed by atoms with van der Waals surface area (Å²) in [6.45, 7) is -0.839. The first-order valence-corrected chi connectivity index (χ1v) is 3.86. The van der Waals surface area contributed by atoms with Crippen molar-refractivity contribution in [2.75, 3.05) is 20.3 Å². The van der Waals surface area contributed by atoms with Gasteiger partial charge in [0.15, 0.2) is 0 Å². The highest BCUT2D eigenvalue weighted by Crippen LogP contribution is 2.04. The van der Waals surface area contributed by atoms with Crippen molar-refractivity contribution >= 4 is 0 Å². The lowest BCUT2D eigenvalue weighted by molar-refractivity contribution is -0.126. The van der Waals surface area contributed by atoms with Crippen molar-refractivity contribution in [3.8, 4) is 0 Å². The van der Waals surface area contributed by atoms with Crippen LogP contribution < -0.4 is 0 Å². The van der Waals surface area contributed by atoms with E-state index in [4.69, 9.17) is 25.5 Å². The molecule has 0 saturated carbocycles. The molecule has 0 unspecified atom stereocenters. The maximum absolute atomic E-state index is 9.17. The monoisotopic (exact) mass is 196 g/mol. The summed E-state index contributed by atoms with van der Waals surface area (Å²) >= 11 is 0. The summed E-state index contributed by atoms with van der Waals surface area (Å²) in [6.07, 6.45) is -5.89. The standard InChI is InChI=1S/C7H16O6/c1-13-3-5(10)7(12)6(11)4(9)2-8/h4-12H,2-3H2,1H3/t4-,5+,6+,7-/m0/s1. The first-order chi connectivity index (χ1) is 6.04. The van der Waals surface area contributed by atoms with Crippen LogP contribution in [0.3, 0.4) is 0 Å². The lowest BCUT2D eigenvalue weighted by Gasteiger charge is -2.24. The molecule has 0 spiro atoms. The van der Waals surface area contributed by atoms with Crippen molar-refractivity contribution in [3.05, 3.63) is 0 Å². The molecule has 0 heterocycles. The van der Waals surface area contributed by atoms with Gasteiger partial charge in [0.25, 0.3) is 0 Å². The molecule has 6 heteroatoms. The molecule has 0 saturated heterocycles. The molecule has 80 valence electrons. The van der Waals surface area contributed by atoms with E-state index < -0.39 is 31.0 Å². The van der Waals surface area contributed by atoms with Crippen LogP contribution in [-0.2, 0) is 4.74 Å². The van der Waals surface area contributed by atoms with Gasteiger partial charge in [-0.1, -0.05) is 0 Å². The third-order valence-electron chi connectivity index (χ3n) is 1.66. The number of aliphatic hydroxyl groups excluding tert-OH is 5. The quantitative estimate of drug-likeness (QED) is 0.311. The van der Waals surface area contributed by atoms with Crippen LogP contribution >= 0.6 is 0 Å². The molecular weight excluding hydrogens is 180 g/mol. The Morgan fingerprint density at radius 2 is 1.46 bits per heavy atom. The second-order valence-electron chi connectivity index (χ2n) is 2.75. The Kier molecular flexibility index (Phi) is 6.13. The van der Waals surface area contributed by atoms with Gasteiger partial charge in [-0.25, -0.2) is 0 Å². The summed E-state index contributed by atoms with van der Waals surface area (Å²) in [5.41, 5.74) is 0. The summed E-state index contributed by atoms with van der Waals surface area (Å²) in [6, 6.07) is 0. The molecule has 0 bridgehead atoms. The zero-order valence-electron chi connectivity index (χ0n) is 7.37. The number of hydrogen-bond donors (Lipinski definition) is 5. The molecule has 0 aliphatic carbocycles. The fraction of sp³-hybridized carbons (Fsp3) is 1.00. The Hall–Kier alpha value is -0.240. The van der Waals surface area contributed by atoms with Crippen LogP contribution in [0.4, 0.5) is 0 Å². The van der Waals surface area contributed by atoms with Crippen molar-refractivity contribution in [1.82, 2.24) is 0 Å². The molecular formula is C7H16O6. The van der Waals surface area contributed by atoms with Gasteiger partial charge in [-0.2, -0.15) is 0 Å². The lowest BCUT2D eigenvalue weighted by atomic mass is 10.0. The summed E-state index contributed by atoms with van der Waals surface area (Å²) in [7, 11) is 1.32. The van der Waals surface area contributed by atoms with Gasteiger partial charge in [-0.3, -0.25) is 0 Å². The van der Waals surface area contributed by atoms with Crippen molar-refractivity contribution in [1.29, 1.82) is 0 Å². The number of aliphatic hydroxyl groups is 5. The second kappa shape index (κ2) is 6.25. The molecule has 0 aliphatic heterocycles. The SMILES string of the molecule is COC[C@@H](O)[C@H](O)[C@H](O)[C@@H](O)CO. The normalized spacial score (nSPS) is 20.8. The average Bonchev–Trinajstić information content (AvgIpc) is 2.14. The fourth-order valence-electron chi connectivity index (χ4n) is 0.833. The number of ether oxygens (including phenoxy) is 1. The van der Waals surface area contributed by atoms with E-state index in [1.165, 1.54) is 7.11 Å². The number of methoxy groups -OCH3 is 1. The molecule has 5 N–H and O–H groups in total. The lowest BCUT2D eigenvalue weighted by Crippen LogP contribution is -2.47. The van der Waals surface area contributed by atoms with E-state index >= 15 is 0 Å². The summed E-state index contributed by atoms with van der Waals surface area (Å²) in [5, 5.41) is 44.7. The minimum absolute atomic E-state index is 0.156. The molecule has 13 heavy (non-hydrogen) atoms. The molecule has 4 atom stereocenters. The fourth-order valence-corrected chi connectivity index (χ4v) is 0.833. The molecule has 0 rings (SSSR count). The van der Waals surface area contributed by atoms with Gasteiger partial charge in [-0.15, -0.1) is 0 Å². The molecule has 0 fully saturated rings. The van der Waals surface area contributed by atoms with E-state index in [9.17, 15) is 0 Å². The van der Waals surface area contributed by atoms with Gasteiger partial charge in [0.1, 0.15) is 24.4 Å². The van der Waals surface area contributed by atoms with Crippen LogP contribution in [0.25, 0.3) is 0 Å². The average molecular weight is 196 g/mol. The van der Waals surface area contributed by atoms with Gasteiger partial charge in [0.05, 0.1) is 13.2 Å². The zero-order valence-corrected chi connectivity index (χ0v) is 7.37. The molecule has 0 amide bonds. The zero-order chi connectivity index (χ0) is 10.4. The minimum Gasteiger partial charge on any atom is -0.394 e. The smallest absolute Gasteiger partial charge is 0.111 e. The molecule has 0 aromatic rings. The minimum atomic E-state index is -1.59. The third-order valence-corrected chi connectivity index (χ3v) is 1.66. The molecule has 0 aromatic heterocycles. The topological polar surface area (TPSA) is 110 Å². The van der Waals surface area contributed by atoms with Gasteiger partial charge >= 0.3 is 0 Å². The van der Waals surface area contributed by atoms with Crippen LogP contribution in [0.5, 0.6) is 0 Å². The Labute approximate surface area is 76.0 Å². The van der Waals surface area contributed by atoms with E-state index in [1.807, 2.05) is 0 Å². The van der Waals surface area contributed by atoms with Crippen LogP contribution in [0.1, 0.15) is 0 Å². The van der Waals surface area contributed by atoms with Crippen molar-refractivity contribution in [2.24, 2.45) is 0 Å². The van der Waals surface area contributed by atoms with Crippen LogP contribution in [0.2, 0.25) is 0 Å². The maximum atomic E-state index is 9.17. The first kappa shape index (κ1) is 12.8. The Balaban J connectivity index is 3.99. The van der Waals surface area contributed by atoms with Gasteiger partial charge in [0.2, 0.25) is 0 Å². The van der Waals surface area contributed by atoms with Gasteiger partial charge in [-0.05, 0) is 0 Å².